The van der Waals surface area contributed by atoms with Crippen LogP contribution in [0.15, 0.2) is 77.7 Å². The molecule has 3 aromatic carbocycles. The number of amides is 1. The molecule has 5 heteroatoms. The number of aryl methyl sites for hydroxylation is 1. The van der Waals surface area contributed by atoms with Gasteiger partial charge in [-0.3, -0.25) is 4.79 Å². The molecule has 150 valence electrons. The predicted molar refractivity (Wildman–Crippen MR) is 121 cm³/mol. The lowest BCUT2D eigenvalue weighted by molar-refractivity contribution is 0.0926. The molecule has 0 aliphatic heterocycles. The van der Waals surface area contributed by atoms with E-state index in [1.165, 1.54) is 10.5 Å². The first kappa shape index (κ1) is 21.3. The maximum atomic E-state index is 12.4. The van der Waals surface area contributed by atoms with Crippen molar-refractivity contribution in [3.8, 4) is 5.75 Å². The molecule has 3 rings (SSSR count). The molecule has 0 aliphatic carbocycles. The Labute approximate surface area is 181 Å². The normalized spacial score (nSPS) is 11.7. The highest BCUT2D eigenvalue weighted by molar-refractivity contribution is 7.98. The van der Waals surface area contributed by atoms with Crippen molar-refractivity contribution < 1.29 is 9.53 Å². The van der Waals surface area contributed by atoms with Gasteiger partial charge in [0.2, 0.25) is 0 Å². The second-order valence-corrected chi connectivity index (χ2v) is 8.42. The molecule has 3 aromatic rings. The van der Waals surface area contributed by atoms with Crippen LogP contribution in [0, 0.1) is 6.92 Å². The van der Waals surface area contributed by atoms with Gasteiger partial charge in [0.05, 0.1) is 6.04 Å². The monoisotopic (exact) mass is 425 g/mol. The third kappa shape index (κ3) is 6.84. The molecule has 0 unspecified atom stereocenters. The number of nitrogens with one attached hydrogen (secondary N) is 1. The van der Waals surface area contributed by atoms with Gasteiger partial charge in [-0.15, -0.1) is 11.8 Å². The maximum absolute atomic E-state index is 12.4. The Morgan fingerprint density at radius 2 is 1.66 bits per heavy atom. The zero-order chi connectivity index (χ0) is 20.6. The molecule has 0 saturated heterocycles. The van der Waals surface area contributed by atoms with Crippen LogP contribution in [0.4, 0.5) is 0 Å². The minimum absolute atomic E-state index is 0.0936. The third-order valence-corrected chi connectivity index (χ3v) is 5.67. The van der Waals surface area contributed by atoms with Gasteiger partial charge >= 0.3 is 0 Å². The number of hydrogen-bond acceptors (Lipinski definition) is 3. The fraction of sp³-hybridized carbons (Fsp3) is 0.208. The fourth-order valence-corrected chi connectivity index (χ4v) is 3.63. The summed E-state index contributed by atoms with van der Waals surface area (Å²) in [5.74, 6) is 1.55. The van der Waals surface area contributed by atoms with E-state index in [-0.39, 0.29) is 11.9 Å². The van der Waals surface area contributed by atoms with Crippen LogP contribution in [-0.2, 0) is 5.75 Å². The lowest BCUT2D eigenvalue weighted by Gasteiger charge is -2.15. The van der Waals surface area contributed by atoms with Crippen LogP contribution >= 0.6 is 23.4 Å². The molecule has 1 amide bonds. The van der Waals surface area contributed by atoms with E-state index in [4.69, 9.17) is 16.3 Å². The van der Waals surface area contributed by atoms with Crippen molar-refractivity contribution in [2.45, 2.75) is 30.5 Å². The van der Waals surface area contributed by atoms with Crippen molar-refractivity contribution >= 4 is 29.3 Å². The molecule has 0 radical (unpaired) electrons. The fourth-order valence-electron chi connectivity index (χ4n) is 2.65. The Kier molecular flexibility index (Phi) is 7.62. The number of thioether (sulfide) groups is 1. The lowest BCUT2D eigenvalue weighted by atomic mass is 10.1. The second kappa shape index (κ2) is 10.4. The topological polar surface area (TPSA) is 38.3 Å². The van der Waals surface area contributed by atoms with Gasteiger partial charge in [0.25, 0.3) is 5.91 Å². The summed E-state index contributed by atoms with van der Waals surface area (Å²) in [7, 11) is 0. The molecule has 0 heterocycles. The maximum Gasteiger partial charge on any atom is 0.251 e. The molecule has 0 bridgehead atoms. The molecule has 1 atom stereocenters. The Hall–Kier alpha value is -2.43. The van der Waals surface area contributed by atoms with E-state index in [0.717, 1.165) is 22.1 Å². The van der Waals surface area contributed by atoms with E-state index >= 15 is 0 Å². The van der Waals surface area contributed by atoms with Crippen molar-refractivity contribution in [2.75, 3.05) is 6.61 Å². The van der Waals surface area contributed by atoms with Gasteiger partial charge in [-0.05, 0) is 67.9 Å². The Morgan fingerprint density at radius 3 is 2.31 bits per heavy atom. The molecule has 0 saturated carbocycles. The lowest BCUT2D eigenvalue weighted by Crippen LogP contribution is -2.36. The second-order valence-electron chi connectivity index (χ2n) is 6.94. The third-order valence-electron chi connectivity index (χ3n) is 4.33. The quantitative estimate of drug-likeness (QED) is 0.440. The highest BCUT2D eigenvalue weighted by Gasteiger charge is 2.10. The van der Waals surface area contributed by atoms with E-state index in [2.05, 4.69) is 5.32 Å². The highest BCUT2D eigenvalue weighted by Crippen LogP contribution is 2.24. The zero-order valence-corrected chi connectivity index (χ0v) is 18.1. The predicted octanol–water partition coefficient (Wildman–Crippen LogP) is 6.14. The largest absolute Gasteiger partial charge is 0.491 e. The summed E-state index contributed by atoms with van der Waals surface area (Å²) < 4.78 is 5.73. The van der Waals surface area contributed by atoms with E-state index in [9.17, 15) is 4.79 Å². The minimum Gasteiger partial charge on any atom is -0.491 e. The van der Waals surface area contributed by atoms with E-state index < -0.39 is 0 Å². The van der Waals surface area contributed by atoms with Crippen LogP contribution in [0.25, 0.3) is 0 Å². The number of halogens is 1. The molecular weight excluding hydrogens is 402 g/mol. The summed E-state index contributed by atoms with van der Waals surface area (Å²) in [4.78, 5) is 13.6. The van der Waals surface area contributed by atoms with Gasteiger partial charge in [0.1, 0.15) is 12.4 Å². The molecule has 0 spiro atoms. The van der Waals surface area contributed by atoms with E-state index in [1.54, 1.807) is 11.8 Å². The standard InChI is InChI=1S/C24H24ClNO2S/c1-17-3-11-22(12-4-17)28-15-18(2)26-24(27)20-7-5-19(6-8-20)16-29-23-13-9-21(25)10-14-23/h3-14,18H,15-16H2,1-2H3,(H,26,27)/t18-/m0/s1. The van der Waals surface area contributed by atoms with Crippen molar-refractivity contribution in [3.05, 3.63) is 94.5 Å². The summed E-state index contributed by atoms with van der Waals surface area (Å²) >= 11 is 7.65. The molecular formula is C24H24ClNO2S. The van der Waals surface area contributed by atoms with Crippen LogP contribution in [0.1, 0.15) is 28.4 Å². The summed E-state index contributed by atoms with van der Waals surface area (Å²) in [5.41, 5.74) is 3.00. The Bertz CT molecular complexity index is 925. The zero-order valence-electron chi connectivity index (χ0n) is 16.5. The Balaban J connectivity index is 1.46. The number of carbonyl (C=O) groups is 1. The molecule has 1 N–H and O–H groups in total. The molecule has 0 aromatic heterocycles. The van der Waals surface area contributed by atoms with E-state index in [0.29, 0.717) is 12.2 Å². The Morgan fingerprint density at radius 1 is 1.00 bits per heavy atom. The number of hydrogen-bond donors (Lipinski definition) is 1. The van der Waals surface area contributed by atoms with Crippen molar-refractivity contribution in [1.82, 2.24) is 5.32 Å². The van der Waals surface area contributed by atoms with Crippen LogP contribution < -0.4 is 10.1 Å². The van der Waals surface area contributed by atoms with Crippen LogP contribution in [0.3, 0.4) is 0 Å². The van der Waals surface area contributed by atoms with Crippen LogP contribution in [-0.4, -0.2) is 18.6 Å². The summed E-state index contributed by atoms with van der Waals surface area (Å²) in [5, 5.41) is 3.72. The number of carbonyl (C=O) groups excluding carboxylic acids is 1. The number of rotatable bonds is 8. The van der Waals surface area contributed by atoms with Crippen molar-refractivity contribution in [1.29, 1.82) is 0 Å². The molecule has 3 nitrogen and oxygen atoms in total. The first-order valence-electron chi connectivity index (χ1n) is 9.47. The average molecular weight is 426 g/mol. The molecule has 29 heavy (non-hydrogen) atoms. The van der Waals surface area contributed by atoms with Crippen molar-refractivity contribution in [2.24, 2.45) is 0 Å². The SMILES string of the molecule is Cc1ccc(OC[C@H](C)NC(=O)c2ccc(CSc3ccc(Cl)cc3)cc2)cc1. The van der Waals surface area contributed by atoms with Crippen LogP contribution in [0.2, 0.25) is 5.02 Å². The van der Waals surface area contributed by atoms with E-state index in [1.807, 2.05) is 86.6 Å². The molecule has 0 aliphatic rings. The highest BCUT2D eigenvalue weighted by atomic mass is 35.5. The average Bonchev–Trinajstić information content (AvgIpc) is 2.73. The number of ether oxygens (including phenoxy) is 1. The van der Waals surface area contributed by atoms with Crippen LogP contribution in [0.5, 0.6) is 5.75 Å². The van der Waals surface area contributed by atoms with Crippen molar-refractivity contribution in [3.63, 3.8) is 0 Å². The van der Waals surface area contributed by atoms with Gasteiger partial charge in [0, 0.05) is 21.2 Å². The smallest absolute Gasteiger partial charge is 0.251 e. The number of benzene rings is 3. The first-order chi connectivity index (χ1) is 14.0. The van der Waals surface area contributed by atoms with Gasteiger partial charge in [-0.1, -0.05) is 41.4 Å². The van der Waals surface area contributed by atoms with Gasteiger partial charge in [-0.25, -0.2) is 0 Å². The minimum atomic E-state index is -0.0955. The summed E-state index contributed by atoms with van der Waals surface area (Å²) in [6.45, 7) is 4.39. The first-order valence-corrected chi connectivity index (χ1v) is 10.8. The summed E-state index contributed by atoms with van der Waals surface area (Å²) in [6, 6.07) is 23.3. The van der Waals surface area contributed by atoms with Gasteiger partial charge in [0.15, 0.2) is 0 Å². The molecule has 0 fully saturated rings. The van der Waals surface area contributed by atoms with Gasteiger partial charge < -0.3 is 10.1 Å². The summed E-state index contributed by atoms with van der Waals surface area (Å²) in [6.07, 6.45) is 0. The van der Waals surface area contributed by atoms with Gasteiger partial charge in [-0.2, -0.15) is 0 Å².